The molecule has 2 heterocycles. The molecule has 9 rings (SSSR count). The first-order valence-corrected chi connectivity index (χ1v) is 17.9. The molecule has 6 aromatic carbocycles. The second-order valence-corrected chi connectivity index (χ2v) is 14.3. The van der Waals surface area contributed by atoms with Gasteiger partial charge in [-0.1, -0.05) is 140 Å². The van der Waals surface area contributed by atoms with Crippen molar-refractivity contribution in [1.82, 2.24) is 0 Å². The molecular formula is C48H40O3. The van der Waals surface area contributed by atoms with Gasteiger partial charge in [0.05, 0.1) is 6.10 Å². The predicted molar refractivity (Wildman–Crippen MR) is 211 cm³/mol. The molecule has 7 aromatic rings. The molecular weight excluding hydrogens is 625 g/mol. The molecule has 250 valence electrons. The number of ether oxygens (including phenoxy) is 2. The third kappa shape index (κ3) is 5.11. The highest BCUT2D eigenvalue weighted by molar-refractivity contribution is 6.09. The fraction of sp³-hybridized carbons (Fsp3) is 0.167. The number of hydrogen-bond acceptors (Lipinski definition) is 3. The maximum Gasteiger partial charge on any atom is 0.164 e. The van der Waals surface area contributed by atoms with Crippen LogP contribution in [-0.2, 0) is 9.47 Å². The van der Waals surface area contributed by atoms with Crippen molar-refractivity contribution in [1.29, 1.82) is 0 Å². The summed E-state index contributed by atoms with van der Waals surface area (Å²) in [5.41, 5.74) is 15.8. The number of para-hydroxylation sites is 2. The largest absolute Gasteiger partial charge is 0.455 e. The van der Waals surface area contributed by atoms with Crippen molar-refractivity contribution in [2.24, 2.45) is 0 Å². The van der Waals surface area contributed by atoms with Gasteiger partial charge in [0.25, 0.3) is 0 Å². The van der Waals surface area contributed by atoms with Crippen molar-refractivity contribution < 1.29 is 13.9 Å². The van der Waals surface area contributed by atoms with Crippen LogP contribution in [-0.4, -0.2) is 11.9 Å². The van der Waals surface area contributed by atoms with E-state index in [2.05, 4.69) is 142 Å². The van der Waals surface area contributed by atoms with Crippen molar-refractivity contribution in [2.75, 3.05) is 0 Å². The van der Waals surface area contributed by atoms with E-state index in [1.165, 1.54) is 38.9 Å². The monoisotopic (exact) mass is 664 g/mol. The van der Waals surface area contributed by atoms with E-state index in [1.54, 1.807) is 0 Å². The number of furan rings is 1. The van der Waals surface area contributed by atoms with E-state index < -0.39 is 5.79 Å². The summed E-state index contributed by atoms with van der Waals surface area (Å²) in [6.45, 7) is 12.9. The smallest absolute Gasteiger partial charge is 0.164 e. The first kappa shape index (κ1) is 31.5. The van der Waals surface area contributed by atoms with Crippen molar-refractivity contribution >= 4 is 28.0 Å². The fourth-order valence-corrected chi connectivity index (χ4v) is 8.55. The SMILES string of the molecule is C=Cc1c(-c2ccccc2C)c(-c2ccc(-c3cccc4c3oc3ccccc34)cc2)c2c(c1-c1ccccc1)C1C=CC2C(C)OC(C)(C)O1. The second kappa shape index (κ2) is 12.1. The predicted octanol–water partition coefficient (Wildman–Crippen LogP) is 13.1. The van der Waals surface area contributed by atoms with Crippen molar-refractivity contribution in [3.05, 3.63) is 162 Å². The molecule has 3 unspecified atom stereocenters. The maximum atomic E-state index is 6.87. The lowest BCUT2D eigenvalue weighted by Gasteiger charge is -2.44. The highest BCUT2D eigenvalue weighted by Crippen LogP contribution is 2.55. The minimum absolute atomic E-state index is 0.00231. The number of hydrogen-bond donors (Lipinski definition) is 0. The Balaban J connectivity index is 1.36. The highest BCUT2D eigenvalue weighted by Gasteiger charge is 2.42. The standard InChI is InChI=1S/C48H40O3/c1-6-34-42(32-16-8-7-9-17-32)46-41-28-27-36(30(3)50-48(4,5)51-41)45(46)43(44(34)35-18-11-10-15-29(35)2)33-25-23-31(24-26-33)37-20-14-21-39-38-19-12-13-22-40(38)49-47(37)39/h6-28,30,36,41H,1H2,2-5H3. The average Bonchev–Trinajstić information content (AvgIpc) is 3.53. The van der Waals surface area contributed by atoms with Gasteiger partial charge in [-0.3, -0.25) is 0 Å². The average molecular weight is 665 g/mol. The number of aryl methyl sites for hydroxylation is 1. The van der Waals surface area contributed by atoms with E-state index in [9.17, 15) is 0 Å². The topological polar surface area (TPSA) is 31.6 Å². The summed E-state index contributed by atoms with van der Waals surface area (Å²) in [5.74, 6) is -0.760. The molecule has 0 amide bonds. The molecule has 3 nitrogen and oxygen atoms in total. The first-order chi connectivity index (χ1) is 24.8. The third-order valence-corrected chi connectivity index (χ3v) is 10.7. The van der Waals surface area contributed by atoms with Gasteiger partial charge in [0.15, 0.2) is 5.79 Å². The summed E-state index contributed by atoms with van der Waals surface area (Å²) in [5, 5.41) is 2.26. The molecule has 0 N–H and O–H groups in total. The van der Waals surface area contributed by atoms with Crippen LogP contribution in [0.5, 0.6) is 0 Å². The molecule has 0 saturated carbocycles. The van der Waals surface area contributed by atoms with Gasteiger partial charge in [-0.2, -0.15) is 0 Å². The molecule has 1 aliphatic heterocycles. The van der Waals surface area contributed by atoms with Crippen LogP contribution in [0.4, 0.5) is 0 Å². The van der Waals surface area contributed by atoms with Crippen molar-refractivity contribution in [2.45, 2.75) is 51.6 Å². The van der Waals surface area contributed by atoms with Crippen LogP contribution in [0.25, 0.3) is 72.5 Å². The Morgan fingerprint density at radius 3 is 2.06 bits per heavy atom. The van der Waals surface area contributed by atoms with Crippen LogP contribution in [0, 0.1) is 6.92 Å². The molecule has 0 fully saturated rings. The Morgan fingerprint density at radius 1 is 0.608 bits per heavy atom. The van der Waals surface area contributed by atoms with Crippen LogP contribution >= 0.6 is 0 Å². The van der Waals surface area contributed by atoms with Crippen LogP contribution < -0.4 is 0 Å². The molecule has 1 aliphatic carbocycles. The lowest BCUT2D eigenvalue weighted by Crippen LogP contribution is -2.40. The Kier molecular flexibility index (Phi) is 7.47. The molecule has 3 heteroatoms. The molecule has 2 aliphatic rings. The summed E-state index contributed by atoms with van der Waals surface area (Å²) in [6, 6.07) is 43.1. The Bertz CT molecular complexity index is 2500. The van der Waals surface area contributed by atoms with Gasteiger partial charge in [0, 0.05) is 22.3 Å². The van der Waals surface area contributed by atoms with E-state index in [0.29, 0.717) is 0 Å². The minimum Gasteiger partial charge on any atom is -0.455 e. The minimum atomic E-state index is -0.763. The summed E-state index contributed by atoms with van der Waals surface area (Å²) < 4.78 is 20.0. The normalized spacial score (nSPS) is 19.2. The summed E-state index contributed by atoms with van der Waals surface area (Å²) in [7, 11) is 0. The molecule has 0 spiro atoms. The summed E-state index contributed by atoms with van der Waals surface area (Å²) in [4.78, 5) is 0. The molecule has 2 bridgehead atoms. The summed E-state index contributed by atoms with van der Waals surface area (Å²) >= 11 is 0. The van der Waals surface area contributed by atoms with Gasteiger partial charge in [-0.05, 0) is 95.0 Å². The van der Waals surface area contributed by atoms with E-state index in [0.717, 1.165) is 49.8 Å². The van der Waals surface area contributed by atoms with Gasteiger partial charge >= 0.3 is 0 Å². The zero-order chi connectivity index (χ0) is 34.9. The molecule has 3 atom stereocenters. The fourth-order valence-electron chi connectivity index (χ4n) is 8.55. The van der Waals surface area contributed by atoms with E-state index >= 15 is 0 Å². The lowest BCUT2D eigenvalue weighted by atomic mass is 9.70. The third-order valence-electron chi connectivity index (χ3n) is 10.7. The van der Waals surface area contributed by atoms with Crippen LogP contribution in [0.15, 0.2) is 144 Å². The second-order valence-electron chi connectivity index (χ2n) is 14.3. The van der Waals surface area contributed by atoms with Gasteiger partial charge in [-0.25, -0.2) is 0 Å². The van der Waals surface area contributed by atoms with Crippen molar-refractivity contribution in [3.63, 3.8) is 0 Å². The van der Waals surface area contributed by atoms with Gasteiger partial charge in [0.2, 0.25) is 0 Å². The Labute approximate surface area is 299 Å². The van der Waals surface area contributed by atoms with Crippen LogP contribution in [0.2, 0.25) is 0 Å². The first-order valence-electron chi connectivity index (χ1n) is 17.9. The van der Waals surface area contributed by atoms with E-state index in [4.69, 9.17) is 13.9 Å². The lowest BCUT2D eigenvalue weighted by molar-refractivity contribution is -0.257. The Morgan fingerprint density at radius 2 is 1.27 bits per heavy atom. The molecule has 0 saturated heterocycles. The molecule has 51 heavy (non-hydrogen) atoms. The van der Waals surface area contributed by atoms with Gasteiger partial charge < -0.3 is 13.9 Å². The van der Waals surface area contributed by atoms with Crippen LogP contribution in [0.1, 0.15) is 55.0 Å². The highest BCUT2D eigenvalue weighted by atomic mass is 16.7. The number of fused-ring (bicyclic) bond motifs is 8. The van der Waals surface area contributed by atoms with Gasteiger partial charge in [0.1, 0.15) is 17.3 Å². The van der Waals surface area contributed by atoms with E-state index in [1.807, 2.05) is 32.1 Å². The quantitative estimate of drug-likeness (QED) is 0.172. The molecule has 1 aromatic heterocycles. The number of benzene rings is 6. The zero-order valence-corrected chi connectivity index (χ0v) is 29.4. The van der Waals surface area contributed by atoms with Gasteiger partial charge in [-0.15, -0.1) is 0 Å². The zero-order valence-electron chi connectivity index (χ0n) is 29.4. The van der Waals surface area contributed by atoms with Crippen molar-refractivity contribution in [3.8, 4) is 44.5 Å². The Hall–Kier alpha value is -5.48. The van der Waals surface area contributed by atoms with E-state index in [-0.39, 0.29) is 18.1 Å². The molecule has 0 radical (unpaired) electrons. The summed E-state index contributed by atoms with van der Waals surface area (Å²) in [6.07, 6.45) is 6.15. The number of rotatable bonds is 5. The van der Waals surface area contributed by atoms with Crippen LogP contribution in [0.3, 0.4) is 0 Å². The maximum absolute atomic E-state index is 6.87.